The van der Waals surface area contributed by atoms with Crippen molar-refractivity contribution in [3.63, 3.8) is 0 Å². The summed E-state index contributed by atoms with van der Waals surface area (Å²) < 4.78 is 0. The maximum atomic E-state index is 9.83. The molecule has 0 saturated carbocycles. The Morgan fingerprint density at radius 3 is 2.88 bits per heavy atom. The van der Waals surface area contributed by atoms with Crippen LogP contribution in [-0.2, 0) is 0 Å². The van der Waals surface area contributed by atoms with Gasteiger partial charge in [0.05, 0.1) is 17.4 Å². The Labute approximate surface area is 96.1 Å². The fourth-order valence-corrected chi connectivity index (χ4v) is 1.71. The lowest BCUT2D eigenvalue weighted by molar-refractivity contribution is 0.0336. The van der Waals surface area contributed by atoms with E-state index >= 15 is 0 Å². The van der Waals surface area contributed by atoms with Crippen LogP contribution in [0.5, 0.6) is 0 Å². The Morgan fingerprint density at radius 1 is 1.44 bits per heavy atom. The zero-order valence-corrected chi connectivity index (χ0v) is 9.02. The molecule has 6 nitrogen and oxygen atoms in total. The highest BCUT2D eigenvalue weighted by atomic mass is 35.5. The lowest BCUT2D eigenvalue weighted by Crippen LogP contribution is -2.19. The molecule has 0 aromatic carbocycles. The van der Waals surface area contributed by atoms with E-state index in [2.05, 4.69) is 15.0 Å². The van der Waals surface area contributed by atoms with Crippen LogP contribution in [0.15, 0.2) is 12.5 Å². The van der Waals surface area contributed by atoms with Crippen molar-refractivity contribution in [2.75, 3.05) is 11.6 Å². The first kappa shape index (κ1) is 11.1. The Kier molecular flexibility index (Phi) is 2.95. The number of aliphatic hydroxyl groups excluding tert-OH is 2. The summed E-state index contributed by atoms with van der Waals surface area (Å²) in [6.07, 6.45) is 0.693. The molecule has 0 spiro atoms. The number of rotatable bonds is 3. The lowest BCUT2D eigenvalue weighted by Gasteiger charge is -2.14. The number of nitrogens with one attached hydrogen (secondary N) is 1. The number of aromatic amines is 1. The third kappa shape index (κ3) is 1.71. The predicted octanol–water partition coefficient (Wildman–Crippen LogP) is 0.173. The van der Waals surface area contributed by atoms with Gasteiger partial charge in [-0.2, -0.15) is 0 Å². The maximum absolute atomic E-state index is 9.83. The third-order valence-electron chi connectivity index (χ3n) is 2.37. The van der Waals surface area contributed by atoms with Crippen molar-refractivity contribution in [1.82, 2.24) is 15.0 Å². The van der Waals surface area contributed by atoms with Gasteiger partial charge >= 0.3 is 0 Å². The number of nitrogens with two attached hydrogens (primary N) is 1. The number of aliphatic hydroxyl groups is 2. The highest BCUT2D eigenvalue weighted by Gasteiger charge is 2.22. The highest BCUT2D eigenvalue weighted by Crippen LogP contribution is 2.28. The van der Waals surface area contributed by atoms with Crippen LogP contribution in [0.2, 0.25) is 0 Å². The Morgan fingerprint density at radius 2 is 2.19 bits per heavy atom. The number of H-pyrrole nitrogens is 1. The van der Waals surface area contributed by atoms with Gasteiger partial charge in [-0.3, -0.25) is 0 Å². The second kappa shape index (κ2) is 4.25. The first-order chi connectivity index (χ1) is 7.65. The van der Waals surface area contributed by atoms with Gasteiger partial charge in [0.1, 0.15) is 23.9 Å². The summed E-state index contributed by atoms with van der Waals surface area (Å²) in [7, 11) is 0. The molecule has 2 heterocycles. The van der Waals surface area contributed by atoms with Crippen molar-refractivity contribution in [2.45, 2.75) is 12.2 Å². The smallest absolute Gasteiger partial charge is 0.143 e. The number of anilines is 1. The zero-order chi connectivity index (χ0) is 11.7. The van der Waals surface area contributed by atoms with Gasteiger partial charge in [-0.05, 0) is 0 Å². The van der Waals surface area contributed by atoms with Crippen molar-refractivity contribution in [3.8, 4) is 0 Å². The third-order valence-corrected chi connectivity index (χ3v) is 2.69. The summed E-state index contributed by atoms with van der Waals surface area (Å²) in [5.74, 6) is 0.184. The number of hydrogen-bond acceptors (Lipinski definition) is 5. The molecular formula is C9H11ClN4O2. The van der Waals surface area contributed by atoms with Gasteiger partial charge in [-0.25, -0.2) is 9.97 Å². The van der Waals surface area contributed by atoms with E-state index in [1.165, 1.54) is 12.5 Å². The van der Waals surface area contributed by atoms with Crippen LogP contribution in [0.4, 0.5) is 5.82 Å². The number of aromatic nitrogens is 3. The Balaban J connectivity index is 2.53. The molecule has 0 aliphatic carbocycles. The minimum Gasteiger partial charge on any atom is -0.389 e. The number of fused-ring (bicyclic) bond motifs is 1. The van der Waals surface area contributed by atoms with E-state index in [-0.39, 0.29) is 11.7 Å². The second-order valence-electron chi connectivity index (χ2n) is 3.39. The quantitative estimate of drug-likeness (QED) is 0.574. The minimum atomic E-state index is -1.11. The summed E-state index contributed by atoms with van der Waals surface area (Å²) in [6.45, 7) is 0. The lowest BCUT2D eigenvalue weighted by atomic mass is 10.1. The first-order valence-electron chi connectivity index (χ1n) is 4.64. The summed E-state index contributed by atoms with van der Waals surface area (Å²) in [5, 5.41) is 19.8. The highest BCUT2D eigenvalue weighted by molar-refractivity contribution is 6.18. The minimum absolute atomic E-state index is 0.0680. The van der Waals surface area contributed by atoms with E-state index in [9.17, 15) is 10.2 Å². The molecule has 16 heavy (non-hydrogen) atoms. The van der Waals surface area contributed by atoms with Crippen LogP contribution in [0.1, 0.15) is 11.7 Å². The van der Waals surface area contributed by atoms with Crippen LogP contribution in [-0.4, -0.2) is 37.1 Å². The van der Waals surface area contributed by atoms with E-state index in [1.54, 1.807) is 0 Å². The normalized spacial score (nSPS) is 15.2. The molecule has 0 saturated heterocycles. The van der Waals surface area contributed by atoms with E-state index in [0.29, 0.717) is 16.6 Å². The van der Waals surface area contributed by atoms with Gasteiger partial charge in [0.25, 0.3) is 0 Å². The summed E-state index contributed by atoms with van der Waals surface area (Å²) in [6, 6.07) is 0. The van der Waals surface area contributed by atoms with Crippen molar-refractivity contribution >= 4 is 28.5 Å². The second-order valence-corrected chi connectivity index (χ2v) is 3.70. The molecule has 2 unspecified atom stereocenters. The van der Waals surface area contributed by atoms with Crippen molar-refractivity contribution in [3.05, 3.63) is 18.1 Å². The molecule has 2 atom stereocenters. The van der Waals surface area contributed by atoms with Gasteiger partial charge < -0.3 is 20.9 Å². The Bertz CT molecular complexity index is 501. The molecule has 0 fully saturated rings. The van der Waals surface area contributed by atoms with Gasteiger partial charge in [-0.1, -0.05) is 0 Å². The predicted molar refractivity (Wildman–Crippen MR) is 60.0 cm³/mol. The molecule has 2 aromatic heterocycles. The molecule has 5 N–H and O–H groups in total. The number of alkyl halides is 1. The van der Waals surface area contributed by atoms with Crippen LogP contribution in [0, 0.1) is 0 Å². The van der Waals surface area contributed by atoms with Crippen molar-refractivity contribution in [1.29, 1.82) is 0 Å². The largest absolute Gasteiger partial charge is 0.389 e. The standard InChI is InChI=1S/C9H11ClN4O2/c10-1-5(15)7(16)4-2-12-9-6(4)8(11)13-3-14-9/h2-3,5,7,15-16H,1H2,(H3,11,12,13,14). The molecular weight excluding hydrogens is 232 g/mol. The number of nitrogen functional groups attached to an aromatic ring is 1. The Hall–Kier alpha value is -1.37. The van der Waals surface area contributed by atoms with Gasteiger partial charge in [0.15, 0.2) is 0 Å². The average molecular weight is 243 g/mol. The van der Waals surface area contributed by atoms with E-state index in [0.717, 1.165) is 0 Å². The van der Waals surface area contributed by atoms with Crippen molar-refractivity contribution < 1.29 is 10.2 Å². The molecule has 0 radical (unpaired) electrons. The number of halogens is 1. The van der Waals surface area contributed by atoms with Gasteiger partial charge in [0, 0.05) is 11.8 Å². The van der Waals surface area contributed by atoms with Crippen LogP contribution >= 0.6 is 11.6 Å². The first-order valence-corrected chi connectivity index (χ1v) is 5.18. The molecule has 0 bridgehead atoms. The molecule has 2 rings (SSSR count). The van der Waals surface area contributed by atoms with Gasteiger partial charge in [-0.15, -0.1) is 11.6 Å². The van der Waals surface area contributed by atoms with Crippen molar-refractivity contribution in [2.24, 2.45) is 0 Å². The molecule has 86 valence electrons. The fraction of sp³-hybridized carbons (Fsp3) is 0.333. The molecule has 0 aliphatic heterocycles. The molecule has 0 aliphatic rings. The number of hydrogen-bond donors (Lipinski definition) is 4. The van der Waals surface area contributed by atoms with E-state index in [1.807, 2.05) is 0 Å². The topological polar surface area (TPSA) is 108 Å². The van der Waals surface area contributed by atoms with Crippen LogP contribution in [0.25, 0.3) is 11.0 Å². The number of nitrogens with zero attached hydrogens (tertiary/aromatic N) is 2. The SMILES string of the molecule is Nc1ncnc2[nH]cc(C(O)C(O)CCl)c12. The fourth-order valence-electron chi connectivity index (χ4n) is 1.54. The maximum Gasteiger partial charge on any atom is 0.143 e. The van der Waals surface area contributed by atoms with E-state index < -0.39 is 12.2 Å². The zero-order valence-electron chi connectivity index (χ0n) is 8.26. The van der Waals surface area contributed by atoms with Crippen LogP contribution < -0.4 is 5.73 Å². The van der Waals surface area contributed by atoms with Crippen LogP contribution in [0.3, 0.4) is 0 Å². The molecule has 2 aromatic rings. The molecule has 0 amide bonds. The monoisotopic (exact) mass is 242 g/mol. The molecule has 7 heteroatoms. The summed E-state index contributed by atoms with van der Waals surface area (Å²) in [4.78, 5) is 10.6. The summed E-state index contributed by atoms with van der Waals surface area (Å²) >= 11 is 5.47. The van der Waals surface area contributed by atoms with E-state index in [4.69, 9.17) is 17.3 Å². The average Bonchev–Trinajstić information content (AvgIpc) is 2.72. The van der Waals surface area contributed by atoms with Gasteiger partial charge in [0.2, 0.25) is 0 Å². The summed E-state index contributed by atoms with van der Waals surface area (Å²) in [5.41, 5.74) is 6.65.